The highest BCUT2D eigenvalue weighted by Crippen LogP contribution is 2.18. The fourth-order valence-electron chi connectivity index (χ4n) is 1.99. The van der Waals surface area contributed by atoms with Crippen molar-refractivity contribution in [1.82, 2.24) is 9.88 Å². The predicted molar refractivity (Wildman–Crippen MR) is 80.5 cm³/mol. The second-order valence-electron chi connectivity index (χ2n) is 4.80. The third-order valence-corrected chi connectivity index (χ3v) is 3.81. The highest BCUT2D eigenvalue weighted by molar-refractivity contribution is 7.09. The van der Waals surface area contributed by atoms with Crippen LogP contribution in [0.4, 0.5) is 4.39 Å². The van der Waals surface area contributed by atoms with E-state index in [1.54, 1.807) is 17.4 Å². The van der Waals surface area contributed by atoms with Gasteiger partial charge in [-0.05, 0) is 32.2 Å². The van der Waals surface area contributed by atoms with Gasteiger partial charge in [-0.2, -0.15) is 0 Å². The van der Waals surface area contributed by atoms with Gasteiger partial charge >= 0.3 is 0 Å². The number of likely N-dealkylation sites (N-methyl/N-ethyl adjacent to an activating group) is 1. The summed E-state index contributed by atoms with van der Waals surface area (Å²) < 4.78 is 18.4. The predicted octanol–water partition coefficient (Wildman–Crippen LogP) is 2.91. The Morgan fingerprint density at radius 1 is 1.48 bits per heavy atom. The van der Waals surface area contributed by atoms with Crippen molar-refractivity contribution in [3.63, 3.8) is 0 Å². The molecule has 0 aliphatic carbocycles. The lowest BCUT2D eigenvalue weighted by atomic mass is 10.1. The molecule has 0 fully saturated rings. The molecular formula is C15H17FN2O2S. The minimum atomic E-state index is -0.527. The molecule has 0 N–H and O–H groups in total. The first-order valence-corrected chi connectivity index (χ1v) is 7.34. The molecule has 6 heteroatoms. The molecule has 0 spiro atoms. The third kappa shape index (κ3) is 4.09. The first-order chi connectivity index (χ1) is 9.99. The summed E-state index contributed by atoms with van der Waals surface area (Å²) in [6, 6.07) is 4.25. The van der Waals surface area contributed by atoms with Crippen molar-refractivity contribution in [2.45, 2.75) is 13.5 Å². The van der Waals surface area contributed by atoms with E-state index < -0.39 is 5.82 Å². The molecule has 0 amide bonds. The van der Waals surface area contributed by atoms with Crippen LogP contribution in [0.3, 0.4) is 0 Å². The summed E-state index contributed by atoms with van der Waals surface area (Å²) in [5.41, 5.74) is 1.28. The highest BCUT2D eigenvalue weighted by atomic mass is 32.1. The largest absolute Gasteiger partial charge is 0.494 e. The zero-order valence-corrected chi connectivity index (χ0v) is 13.0. The number of aromatic nitrogens is 1. The number of rotatable bonds is 6. The van der Waals surface area contributed by atoms with Crippen LogP contribution in [0.1, 0.15) is 21.1 Å². The summed E-state index contributed by atoms with van der Waals surface area (Å²) >= 11 is 1.58. The lowest BCUT2D eigenvalue weighted by Crippen LogP contribution is -2.25. The molecule has 21 heavy (non-hydrogen) atoms. The lowest BCUT2D eigenvalue weighted by Gasteiger charge is -2.14. The second-order valence-corrected chi connectivity index (χ2v) is 5.86. The normalized spacial score (nSPS) is 10.9. The number of hydrogen-bond donors (Lipinski definition) is 0. The maximum Gasteiger partial charge on any atom is 0.176 e. The molecule has 1 aromatic carbocycles. The Morgan fingerprint density at radius 3 is 2.81 bits per heavy atom. The average molecular weight is 308 g/mol. The molecule has 2 aromatic rings. The fourth-order valence-corrected chi connectivity index (χ4v) is 2.59. The SMILES string of the molecule is COc1ccc(C(=O)CN(C)Cc2csc(C)n2)cc1F. The summed E-state index contributed by atoms with van der Waals surface area (Å²) in [7, 11) is 3.23. The van der Waals surface area contributed by atoms with Crippen LogP contribution in [-0.2, 0) is 6.54 Å². The molecule has 0 unspecified atom stereocenters. The molecule has 0 aliphatic rings. The molecule has 4 nitrogen and oxygen atoms in total. The Morgan fingerprint density at radius 2 is 2.24 bits per heavy atom. The van der Waals surface area contributed by atoms with Gasteiger partial charge in [0.1, 0.15) is 0 Å². The standard InChI is InChI=1S/C15H17FN2O2S/c1-10-17-12(9-21-10)7-18(2)8-14(19)11-4-5-15(20-3)13(16)6-11/h4-6,9H,7-8H2,1-3H3. The number of thiazole rings is 1. The van der Waals surface area contributed by atoms with E-state index in [9.17, 15) is 9.18 Å². The minimum Gasteiger partial charge on any atom is -0.494 e. The van der Waals surface area contributed by atoms with E-state index in [1.807, 2.05) is 24.3 Å². The quantitative estimate of drug-likeness (QED) is 0.770. The zero-order valence-electron chi connectivity index (χ0n) is 12.2. The number of ether oxygens (including phenoxy) is 1. The van der Waals surface area contributed by atoms with Crippen molar-refractivity contribution < 1.29 is 13.9 Å². The molecule has 0 radical (unpaired) electrons. The van der Waals surface area contributed by atoms with Gasteiger partial charge in [-0.25, -0.2) is 9.37 Å². The van der Waals surface area contributed by atoms with Crippen LogP contribution in [0.2, 0.25) is 0 Å². The molecular weight excluding hydrogens is 291 g/mol. The van der Waals surface area contributed by atoms with Crippen LogP contribution >= 0.6 is 11.3 Å². The van der Waals surface area contributed by atoms with Crippen LogP contribution in [0.25, 0.3) is 0 Å². The first-order valence-electron chi connectivity index (χ1n) is 6.46. The van der Waals surface area contributed by atoms with Gasteiger partial charge in [0.05, 0.1) is 24.4 Å². The Hall–Kier alpha value is -1.79. The van der Waals surface area contributed by atoms with Crippen molar-refractivity contribution in [3.05, 3.63) is 45.7 Å². The monoisotopic (exact) mass is 308 g/mol. The Kier molecular flexibility index (Phi) is 5.03. The maximum absolute atomic E-state index is 13.6. The van der Waals surface area contributed by atoms with E-state index in [4.69, 9.17) is 4.74 Å². The van der Waals surface area contributed by atoms with Gasteiger partial charge in [-0.3, -0.25) is 9.69 Å². The topological polar surface area (TPSA) is 42.4 Å². The molecule has 0 saturated carbocycles. The number of ketones is 1. The maximum atomic E-state index is 13.6. The van der Waals surface area contributed by atoms with Gasteiger partial charge in [0.25, 0.3) is 0 Å². The third-order valence-electron chi connectivity index (χ3n) is 2.99. The van der Waals surface area contributed by atoms with E-state index in [-0.39, 0.29) is 18.1 Å². The number of Topliss-reactive ketones (excluding diaryl/α,β-unsaturated/α-hetero) is 1. The van der Waals surface area contributed by atoms with E-state index in [2.05, 4.69) is 4.98 Å². The van der Waals surface area contributed by atoms with E-state index in [1.165, 1.54) is 19.2 Å². The number of benzene rings is 1. The van der Waals surface area contributed by atoms with Crippen molar-refractivity contribution in [2.75, 3.05) is 20.7 Å². The number of carbonyl (C=O) groups excluding carboxylic acids is 1. The Balaban J connectivity index is 1.98. The van der Waals surface area contributed by atoms with E-state index in [0.29, 0.717) is 12.1 Å². The molecule has 0 bridgehead atoms. The summed E-state index contributed by atoms with van der Waals surface area (Å²) in [6.45, 7) is 2.75. The molecule has 0 atom stereocenters. The molecule has 0 saturated heterocycles. The smallest absolute Gasteiger partial charge is 0.176 e. The summed E-state index contributed by atoms with van der Waals surface area (Å²) in [4.78, 5) is 18.4. The van der Waals surface area contributed by atoms with Gasteiger partial charge in [-0.1, -0.05) is 0 Å². The van der Waals surface area contributed by atoms with Crippen LogP contribution in [0.15, 0.2) is 23.6 Å². The molecule has 2 rings (SSSR count). The summed E-state index contributed by atoms with van der Waals surface area (Å²) in [6.07, 6.45) is 0. The van der Waals surface area contributed by atoms with E-state index >= 15 is 0 Å². The van der Waals surface area contributed by atoms with Gasteiger partial charge in [-0.15, -0.1) is 11.3 Å². The van der Waals surface area contributed by atoms with Gasteiger partial charge in [0, 0.05) is 17.5 Å². The number of aryl methyl sites for hydroxylation is 1. The average Bonchev–Trinajstić information content (AvgIpc) is 2.83. The van der Waals surface area contributed by atoms with Crippen LogP contribution in [0.5, 0.6) is 5.75 Å². The molecule has 1 aromatic heterocycles. The Labute approximate surface area is 127 Å². The molecule has 1 heterocycles. The van der Waals surface area contributed by atoms with Gasteiger partial charge in [0.2, 0.25) is 0 Å². The summed E-state index contributed by atoms with van der Waals surface area (Å²) in [5, 5.41) is 2.98. The van der Waals surface area contributed by atoms with Crippen molar-refractivity contribution in [2.24, 2.45) is 0 Å². The number of nitrogens with zero attached hydrogens (tertiary/aromatic N) is 2. The van der Waals surface area contributed by atoms with Gasteiger partial charge in [0.15, 0.2) is 17.3 Å². The van der Waals surface area contributed by atoms with Crippen LogP contribution in [-0.4, -0.2) is 36.4 Å². The van der Waals surface area contributed by atoms with Crippen molar-refractivity contribution >= 4 is 17.1 Å². The number of hydrogen-bond acceptors (Lipinski definition) is 5. The van der Waals surface area contributed by atoms with E-state index in [0.717, 1.165) is 10.7 Å². The lowest BCUT2D eigenvalue weighted by molar-refractivity contribution is 0.0942. The minimum absolute atomic E-state index is 0.133. The number of halogens is 1. The number of methoxy groups -OCH3 is 1. The number of carbonyl (C=O) groups is 1. The highest BCUT2D eigenvalue weighted by Gasteiger charge is 2.13. The van der Waals surface area contributed by atoms with Crippen molar-refractivity contribution in [1.29, 1.82) is 0 Å². The fraction of sp³-hybridized carbons (Fsp3) is 0.333. The van der Waals surface area contributed by atoms with Crippen molar-refractivity contribution in [3.8, 4) is 5.75 Å². The first kappa shape index (κ1) is 15.6. The van der Waals surface area contributed by atoms with Crippen LogP contribution in [0, 0.1) is 12.7 Å². The summed E-state index contributed by atoms with van der Waals surface area (Å²) in [5.74, 6) is -0.523. The molecule has 0 aliphatic heterocycles. The molecule has 112 valence electrons. The van der Waals surface area contributed by atoms with Crippen LogP contribution < -0.4 is 4.74 Å². The Bertz CT molecular complexity index is 642. The van der Waals surface area contributed by atoms with Gasteiger partial charge < -0.3 is 4.74 Å². The zero-order chi connectivity index (χ0) is 15.4. The second kappa shape index (κ2) is 6.78.